The summed E-state index contributed by atoms with van der Waals surface area (Å²) in [6.07, 6.45) is 5.68. The SMILES string of the molecule is CC(C)(C)OC(=O)N[C@H]1CCC[C@@H]1[C@](C=N)(c1cccc(F)c1)C1CCN(Cc2ccccc2)CC1. The number of nitrogens with zero attached hydrogens (tertiary/aromatic N) is 1. The fourth-order valence-electron chi connectivity index (χ4n) is 6.39. The Kier molecular flexibility index (Phi) is 8.13. The Morgan fingerprint density at radius 3 is 2.44 bits per heavy atom. The summed E-state index contributed by atoms with van der Waals surface area (Å²) in [5.41, 5.74) is 0.931. The van der Waals surface area contributed by atoms with Crippen molar-refractivity contribution < 1.29 is 13.9 Å². The molecule has 0 bridgehead atoms. The van der Waals surface area contributed by atoms with Gasteiger partial charge in [-0.2, -0.15) is 0 Å². The molecule has 1 saturated carbocycles. The molecular weight excluding hydrogens is 453 g/mol. The first-order valence-corrected chi connectivity index (χ1v) is 13.2. The molecule has 1 aliphatic heterocycles. The molecule has 2 N–H and O–H groups in total. The van der Waals surface area contributed by atoms with Gasteiger partial charge >= 0.3 is 6.09 Å². The number of alkyl carbamates (subject to hydrolysis) is 1. The van der Waals surface area contributed by atoms with E-state index in [1.165, 1.54) is 11.6 Å². The van der Waals surface area contributed by atoms with Crippen LogP contribution in [0.3, 0.4) is 0 Å². The number of benzene rings is 2. The Morgan fingerprint density at radius 2 is 1.81 bits per heavy atom. The van der Waals surface area contributed by atoms with E-state index in [1.54, 1.807) is 18.3 Å². The average molecular weight is 494 g/mol. The van der Waals surface area contributed by atoms with Crippen molar-refractivity contribution in [2.24, 2.45) is 11.8 Å². The fourth-order valence-corrected chi connectivity index (χ4v) is 6.39. The predicted octanol–water partition coefficient (Wildman–Crippen LogP) is 6.32. The van der Waals surface area contributed by atoms with E-state index in [9.17, 15) is 9.18 Å². The molecule has 0 spiro atoms. The van der Waals surface area contributed by atoms with Crippen LogP contribution in [-0.4, -0.2) is 41.9 Å². The monoisotopic (exact) mass is 493 g/mol. The highest BCUT2D eigenvalue weighted by atomic mass is 19.1. The van der Waals surface area contributed by atoms with Crippen LogP contribution in [0.2, 0.25) is 0 Å². The minimum Gasteiger partial charge on any atom is -0.444 e. The van der Waals surface area contributed by atoms with Gasteiger partial charge in [-0.25, -0.2) is 9.18 Å². The third-order valence-electron chi connectivity index (χ3n) is 7.91. The quantitative estimate of drug-likeness (QED) is 0.444. The second-order valence-electron chi connectivity index (χ2n) is 11.4. The Labute approximate surface area is 214 Å². The Balaban J connectivity index is 1.59. The number of likely N-dealkylation sites (tertiary alicyclic amines) is 1. The maximum absolute atomic E-state index is 14.5. The number of hydrogen-bond donors (Lipinski definition) is 2. The lowest BCUT2D eigenvalue weighted by atomic mass is 9.59. The molecule has 5 nitrogen and oxygen atoms in total. The molecule has 2 fully saturated rings. The van der Waals surface area contributed by atoms with Gasteiger partial charge in [0, 0.05) is 24.2 Å². The van der Waals surface area contributed by atoms with Crippen molar-refractivity contribution in [3.8, 4) is 0 Å². The van der Waals surface area contributed by atoms with Crippen molar-refractivity contribution in [1.29, 1.82) is 5.41 Å². The predicted molar refractivity (Wildman–Crippen MR) is 142 cm³/mol. The Morgan fingerprint density at radius 1 is 1.08 bits per heavy atom. The number of hydrogen-bond acceptors (Lipinski definition) is 4. The number of rotatable bonds is 7. The molecule has 0 unspecified atom stereocenters. The Hall–Kier alpha value is -2.73. The smallest absolute Gasteiger partial charge is 0.407 e. The van der Waals surface area contributed by atoms with Crippen molar-refractivity contribution >= 4 is 12.3 Å². The van der Waals surface area contributed by atoms with Gasteiger partial charge in [0.1, 0.15) is 11.4 Å². The standard InChI is InChI=1S/C30H40FN3O2/c1-29(2,3)36-28(35)33-27-14-8-13-26(27)30(21-32,24-11-7-12-25(31)19-24)23-15-17-34(18-16-23)20-22-9-5-4-6-10-22/h4-7,9-12,19,21,23,26-27,32H,8,13-18,20H2,1-3H3,(H,33,35)/t26-,27-,30-/m0/s1. The van der Waals surface area contributed by atoms with E-state index in [0.29, 0.717) is 0 Å². The first kappa shape index (κ1) is 26.3. The van der Waals surface area contributed by atoms with Gasteiger partial charge in [-0.15, -0.1) is 0 Å². The average Bonchev–Trinajstić information content (AvgIpc) is 3.29. The molecule has 2 aliphatic rings. The summed E-state index contributed by atoms with van der Waals surface area (Å²) in [5, 5.41) is 11.9. The number of carbonyl (C=O) groups excluding carboxylic acids is 1. The van der Waals surface area contributed by atoms with Crippen LogP contribution in [0.5, 0.6) is 0 Å². The summed E-state index contributed by atoms with van der Waals surface area (Å²) < 4.78 is 20.1. The summed E-state index contributed by atoms with van der Waals surface area (Å²) in [6.45, 7) is 8.35. The summed E-state index contributed by atoms with van der Waals surface area (Å²) >= 11 is 0. The minimum absolute atomic E-state index is 0.00925. The highest BCUT2D eigenvalue weighted by Gasteiger charge is 2.51. The molecule has 1 aliphatic carbocycles. The van der Waals surface area contributed by atoms with E-state index < -0.39 is 17.1 Å². The zero-order chi connectivity index (χ0) is 25.8. The molecule has 4 rings (SSSR count). The lowest BCUT2D eigenvalue weighted by Gasteiger charge is -2.48. The number of ether oxygens (including phenoxy) is 1. The number of nitrogens with one attached hydrogen (secondary N) is 2. The molecular formula is C30H40FN3O2. The third kappa shape index (κ3) is 5.97. The van der Waals surface area contributed by atoms with Crippen molar-refractivity contribution in [2.75, 3.05) is 13.1 Å². The van der Waals surface area contributed by atoms with Gasteiger partial charge in [-0.05, 0) is 94.6 Å². The zero-order valence-corrected chi connectivity index (χ0v) is 21.8. The van der Waals surface area contributed by atoms with E-state index in [1.807, 2.05) is 32.9 Å². The van der Waals surface area contributed by atoms with Crippen LogP contribution in [0.15, 0.2) is 54.6 Å². The van der Waals surface area contributed by atoms with Crippen molar-refractivity contribution in [3.05, 3.63) is 71.5 Å². The van der Waals surface area contributed by atoms with Crippen molar-refractivity contribution in [2.45, 2.75) is 76.5 Å². The zero-order valence-electron chi connectivity index (χ0n) is 21.8. The van der Waals surface area contributed by atoms with Crippen LogP contribution in [0.1, 0.15) is 64.0 Å². The van der Waals surface area contributed by atoms with Gasteiger partial charge < -0.3 is 15.5 Å². The molecule has 2 aromatic rings. The molecule has 2 aromatic carbocycles. The number of amides is 1. The number of carbonyl (C=O) groups is 1. The fraction of sp³-hybridized carbons (Fsp3) is 0.533. The summed E-state index contributed by atoms with van der Waals surface area (Å²) in [7, 11) is 0. The molecule has 1 saturated heterocycles. The van der Waals surface area contributed by atoms with Gasteiger partial charge in [0.15, 0.2) is 0 Å². The first-order valence-electron chi connectivity index (χ1n) is 13.2. The van der Waals surface area contributed by atoms with Gasteiger partial charge in [-0.1, -0.05) is 48.9 Å². The van der Waals surface area contributed by atoms with Crippen LogP contribution in [0, 0.1) is 23.1 Å². The molecule has 3 atom stereocenters. The molecule has 6 heteroatoms. The van der Waals surface area contributed by atoms with Crippen LogP contribution in [-0.2, 0) is 16.7 Å². The van der Waals surface area contributed by atoms with Crippen molar-refractivity contribution in [1.82, 2.24) is 10.2 Å². The topological polar surface area (TPSA) is 65.4 Å². The van der Waals surface area contributed by atoms with E-state index >= 15 is 0 Å². The molecule has 0 radical (unpaired) electrons. The normalized spacial score (nSPS) is 23.1. The van der Waals surface area contributed by atoms with E-state index in [-0.39, 0.29) is 23.7 Å². The van der Waals surface area contributed by atoms with Crippen LogP contribution in [0.4, 0.5) is 9.18 Å². The largest absolute Gasteiger partial charge is 0.444 e. The summed E-state index contributed by atoms with van der Waals surface area (Å²) in [4.78, 5) is 15.2. The molecule has 194 valence electrons. The first-order chi connectivity index (χ1) is 17.2. The maximum atomic E-state index is 14.5. The maximum Gasteiger partial charge on any atom is 0.407 e. The van der Waals surface area contributed by atoms with Crippen LogP contribution < -0.4 is 5.32 Å². The van der Waals surface area contributed by atoms with E-state index in [4.69, 9.17) is 10.1 Å². The highest BCUT2D eigenvalue weighted by Crippen LogP contribution is 2.49. The molecule has 36 heavy (non-hydrogen) atoms. The third-order valence-corrected chi connectivity index (χ3v) is 7.91. The Bertz CT molecular complexity index is 1030. The lowest BCUT2D eigenvalue weighted by molar-refractivity contribution is 0.0465. The van der Waals surface area contributed by atoms with E-state index in [0.717, 1.165) is 57.3 Å². The van der Waals surface area contributed by atoms with Crippen molar-refractivity contribution in [3.63, 3.8) is 0 Å². The highest BCUT2D eigenvalue weighted by molar-refractivity contribution is 5.74. The van der Waals surface area contributed by atoms with Gasteiger partial charge in [0.05, 0.1) is 0 Å². The van der Waals surface area contributed by atoms with Gasteiger partial charge in [0.2, 0.25) is 0 Å². The second kappa shape index (κ2) is 11.1. The number of piperidine rings is 1. The van der Waals surface area contributed by atoms with Gasteiger partial charge in [0.25, 0.3) is 0 Å². The molecule has 1 amide bonds. The minimum atomic E-state index is -0.642. The number of halogens is 1. The summed E-state index contributed by atoms with van der Waals surface area (Å²) in [5.74, 6) is -0.0836. The van der Waals surface area contributed by atoms with E-state index in [2.05, 4.69) is 34.5 Å². The second-order valence-corrected chi connectivity index (χ2v) is 11.4. The summed E-state index contributed by atoms with van der Waals surface area (Å²) in [6, 6.07) is 17.2. The molecule has 0 aromatic heterocycles. The lowest BCUT2D eigenvalue weighted by Crippen LogP contribution is -2.54. The van der Waals surface area contributed by atoms with Crippen LogP contribution in [0.25, 0.3) is 0 Å². The van der Waals surface area contributed by atoms with Crippen LogP contribution >= 0.6 is 0 Å². The van der Waals surface area contributed by atoms with Gasteiger partial charge in [-0.3, -0.25) is 4.90 Å². The molecule has 1 heterocycles.